The first-order valence-corrected chi connectivity index (χ1v) is 5.86. The number of ether oxygens (including phenoxy) is 3. The van der Waals surface area contributed by atoms with Gasteiger partial charge in [0.25, 0.3) is 0 Å². The van der Waals surface area contributed by atoms with Crippen molar-refractivity contribution in [1.82, 2.24) is 5.32 Å². The maximum Gasteiger partial charge on any atom is 0.188 e. The van der Waals surface area contributed by atoms with Crippen molar-refractivity contribution in [2.75, 3.05) is 21.0 Å². The molecule has 94 valence electrons. The molecule has 0 radical (unpaired) electrons. The molecule has 4 heteroatoms. The average molecular weight is 237 g/mol. The van der Waals surface area contributed by atoms with Crippen LogP contribution in [0.15, 0.2) is 18.2 Å². The van der Waals surface area contributed by atoms with E-state index in [1.165, 1.54) is 12.8 Å². The fraction of sp³-hybridized carbons (Fsp3) is 0.538. The fourth-order valence-electron chi connectivity index (χ4n) is 1.68. The summed E-state index contributed by atoms with van der Waals surface area (Å²) in [5.74, 6) is 1.52. The zero-order valence-corrected chi connectivity index (χ0v) is 10.4. The van der Waals surface area contributed by atoms with E-state index in [-0.39, 0.29) is 6.79 Å². The van der Waals surface area contributed by atoms with Gasteiger partial charge < -0.3 is 19.5 Å². The molecule has 1 aromatic rings. The Labute approximate surface area is 102 Å². The van der Waals surface area contributed by atoms with E-state index < -0.39 is 0 Å². The van der Waals surface area contributed by atoms with Gasteiger partial charge >= 0.3 is 0 Å². The Hall–Kier alpha value is -1.26. The maximum atomic E-state index is 5.57. The molecule has 1 aliphatic carbocycles. The van der Waals surface area contributed by atoms with Crippen LogP contribution in [0.25, 0.3) is 0 Å². The first kappa shape index (κ1) is 12.2. The van der Waals surface area contributed by atoms with Crippen molar-refractivity contribution in [3.63, 3.8) is 0 Å². The Morgan fingerprint density at radius 2 is 2.12 bits per heavy atom. The Balaban J connectivity index is 2.09. The highest BCUT2D eigenvalue weighted by Gasteiger charge is 2.21. The lowest BCUT2D eigenvalue weighted by Crippen LogP contribution is -2.16. The molecular formula is C13H19NO3. The van der Waals surface area contributed by atoms with Gasteiger partial charge in [0, 0.05) is 25.3 Å². The zero-order chi connectivity index (χ0) is 12.1. The molecule has 4 nitrogen and oxygen atoms in total. The standard InChI is InChI=1S/C13H19NO3/c1-15-9-17-13-10(8-14-11-6-7-11)4-3-5-12(13)16-2/h3-5,11,14H,6-9H2,1-2H3. The number of hydrogen-bond acceptors (Lipinski definition) is 4. The minimum Gasteiger partial charge on any atom is -0.493 e. The number of nitrogens with one attached hydrogen (secondary N) is 1. The highest BCUT2D eigenvalue weighted by atomic mass is 16.7. The fourth-order valence-corrected chi connectivity index (χ4v) is 1.68. The van der Waals surface area contributed by atoms with Crippen LogP contribution in [0.5, 0.6) is 11.5 Å². The molecule has 0 unspecified atom stereocenters. The quantitative estimate of drug-likeness (QED) is 0.736. The average Bonchev–Trinajstić information content (AvgIpc) is 3.18. The predicted octanol–water partition coefficient (Wildman–Crippen LogP) is 1.93. The van der Waals surface area contributed by atoms with Crippen LogP contribution >= 0.6 is 0 Å². The Bertz CT molecular complexity index is 364. The molecule has 0 bridgehead atoms. The van der Waals surface area contributed by atoms with Crippen LogP contribution in [-0.2, 0) is 11.3 Å². The second-order valence-corrected chi connectivity index (χ2v) is 4.15. The van der Waals surface area contributed by atoms with Gasteiger partial charge in [-0.15, -0.1) is 0 Å². The molecule has 0 aliphatic heterocycles. The Morgan fingerprint density at radius 3 is 2.76 bits per heavy atom. The van der Waals surface area contributed by atoms with Crippen LogP contribution in [0.4, 0.5) is 0 Å². The summed E-state index contributed by atoms with van der Waals surface area (Å²) in [7, 11) is 3.25. The van der Waals surface area contributed by atoms with E-state index in [0.717, 1.165) is 23.6 Å². The van der Waals surface area contributed by atoms with Crippen molar-refractivity contribution < 1.29 is 14.2 Å². The molecule has 0 spiro atoms. The van der Waals surface area contributed by atoms with Crippen molar-refractivity contribution in [3.05, 3.63) is 23.8 Å². The number of rotatable bonds is 7. The third kappa shape index (κ3) is 3.35. The number of benzene rings is 1. The molecule has 0 aromatic heterocycles. The molecule has 0 saturated heterocycles. The molecular weight excluding hydrogens is 218 g/mol. The summed E-state index contributed by atoms with van der Waals surface area (Å²) in [6.07, 6.45) is 2.55. The first-order valence-electron chi connectivity index (χ1n) is 5.86. The SMILES string of the molecule is COCOc1c(CNC2CC2)cccc1OC. The lowest BCUT2D eigenvalue weighted by atomic mass is 10.2. The maximum absolute atomic E-state index is 5.57. The van der Waals surface area contributed by atoms with E-state index >= 15 is 0 Å². The topological polar surface area (TPSA) is 39.7 Å². The van der Waals surface area contributed by atoms with Gasteiger partial charge in [-0.25, -0.2) is 0 Å². The summed E-state index contributed by atoms with van der Waals surface area (Å²) >= 11 is 0. The van der Waals surface area contributed by atoms with Gasteiger partial charge in [0.2, 0.25) is 0 Å². The summed E-state index contributed by atoms with van der Waals surface area (Å²) in [5.41, 5.74) is 1.10. The van der Waals surface area contributed by atoms with Crippen molar-refractivity contribution in [3.8, 4) is 11.5 Å². The number of methoxy groups -OCH3 is 2. The molecule has 1 fully saturated rings. The zero-order valence-electron chi connectivity index (χ0n) is 10.4. The van der Waals surface area contributed by atoms with E-state index in [4.69, 9.17) is 14.2 Å². The predicted molar refractivity (Wildman–Crippen MR) is 65.4 cm³/mol. The Morgan fingerprint density at radius 1 is 1.29 bits per heavy atom. The molecule has 1 saturated carbocycles. The van der Waals surface area contributed by atoms with Gasteiger partial charge in [0.05, 0.1) is 7.11 Å². The second kappa shape index (κ2) is 5.89. The van der Waals surface area contributed by atoms with Crippen molar-refractivity contribution in [1.29, 1.82) is 0 Å². The van der Waals surface area contributed by atoms with Crippen LogP contribution in [-0.4, -0.2) is 27.1 Å². The largest absolute Gasteiger partial charge is 0.493 e. The van der Waals surface area contributed by atoms with E-state index in [1.54, 1.807) is 14.2 Å². The number of para-hydroxylation sites is 1. The van der Waals surface area contributed by atoms with Crippen LogP contribution < -0.4 is 14.8 Å². The van der Waals surface area contributed by atoms with Crippen LogP contribution in [0.1, 0.15) is 18.4 Å². The molecule has 17 heavy (non-hydrogen) atoms. The van der Waals surface area contributed by atoms with Gasteiger partial charge in [-0.3, -0.25) is 0 Å². The smallest absolute Gasteiger partial charge is 0.188 e. The van der Waals surface area contributed by atoms with Gasteiger partial charge in [0.1, 0.15) is 0 Å². The van der Waals surface area contributed by atoms with Crippen LogP contribution in [0, 0.1) is 0 Å². The van der Waals surface area contributed by atoms with Crippen molar-refractivity contribution in [2.24, 2.45) is 0 Å². The van der Waals surface area contributed by atoms with E-state index in [2.05, 4.69) is 5.32 Å². The Kier molecular flexibility index (Phi) is 4.23. The highest BCUT2D eigenvalue weighted by Crippen LogP contribution is 2.31. The van der Waals surface area contributed by atoms with Crippen LogP contribution in [0.3, 0.4) is 0 Å². The molecule has 1 aromatic carbocycles. The summed E-state index contributed by atoms with van der Waals surface area (Å²) < 4.78 is 15.8. The number of hydrogen-bond donors (Lipinski definition) is 1. The minimum atomic E-state index is 0.233. The molecule has 0 atom stereocenters. The third-order valence-corrected chi connectivity index (χ3v) is 2.76. The first-order chi connectivity index (χ1) is 8.35. The third-order valence-electron chi connectivity index (χ3n) is 2.76. The lowest BCUT2D eigenvalue weighted by Gasteiger charge is -2.14. The lowest BCUT2D eigenvalue weighted by molar-refractivity contribution is 0.0483. The molecule has 1 N–H and O–H groups in total. The van der Waals surface area contributed by atoms with E-state index in [9.17, 15) is 0 Å². The van der Waals surface area contributed by atoms with Crippen molar-refractivity contribution in [2.45, 2.75) is 25.4 Å². The highest BCUT2D eigenvalue weighted by molar-refractivity contribution is 5.46. The summed E-state index contributed by atoms with van der Waals surface area (Å²) in [6.45, 7) is 1.04. The van der Waals surface area contributed by atoms with E-state index in [1.807, 2.05) is 18.2 Å². The minimum absolute atomic E-state index is 0.233. The van der Waals surface area contributed by atoms with Gasteiger partial charge in [-0.05, 0) is 18.9 Å². The van der Waals surface area contributed by atoms with Gasteiger partial charge in [-0.2, -0.15) is 0 Å². The summed E-state index contributed by atoms with van der Waals surface area (Å²) in [6, 6.07) is 6.59. The van der Waals surface area contributed by atoms with Gasteiger partial charge in [-0.1, -0.05) is 12.1 Å². The molecule has 0 heterocycles. The molecule has 0 amide bonds. The van der Waals surface area contributed by atoms with Crippen LogP contribution in [0.2, 0.25) is 0 Å². The van der Waals surface area contributed by atoms with Crippen molar-refractivity contribution >= 4 is 0 Å². The summed E-state index contributed by atoms with van der Waals surface area (Å²) in [5, 5.41) is 3.46. The summed E-state index contributed by atoms with van der Waals surface area (Å²) in [4.78, 5) is 0. The van der Waals surface area contributed by atoms with E-state index in [0.29, 0.717) is 6.04 Å². The molecule has 2 rings (SSSR count). The second-order valence-electron chi connectivity index (χ2n) is 4.15. The normalized spacial score (nSPS) is 14.7. The monoisotopic (exact) mass is 237 g/mol. The van der Waals surface area contributed by atoms with Gasteiger partial charge in [0.15, 0.2) is 18.3 Å². The molecule has 1 aliphatic rings.